The van der Waals surface area contributed by atoms with E-state index in [1.807, 2.05) is 68.4 Å². The predicted molar refractivity (Wildman–Crippen MR) is 215 cm³/mol. The van der Waals surface area contributed by atoms with Crippen molar-refractivity contribution >= 4 is 13.9 Å². The summed E-state index contributed by atoms with van der Waals surface area (Å²) in [5.41, 5.74) is 5.98. The number of fused-ring (bicyclic) bond motifs is 2. The molecule has 4 rings (SSSR count). The van der Waals surface area contributed by atoms with Gasteiger partial charge in [0.15, 0.2) is 16.7 Å². The van der Waals surface area contributed by atoms with Gasteiger partial charge >= 0.3 is 13.9 Å². The number of phenols is 1. The zero-order valence-electron chi connectivity index (χ0n) is 35.1. The molecule has 5 nitrogen and oxygen atoms in total. The summed E-state index contributed by atoms with van der Waals surface area (Å²) in [6, 6.07) is 14.5. The van der Waals surface area contributed by atoms with Gasteiger partial charge in [0.2, 0.25) is 0 Å². The summed E-state index contributed by atoms with van der Waals surface area (Å²) in [7, 11) is -3.60. The summed E-state index contributed by atoms with van der Waals surface area (Å²) in [4.78, 5) is 14.7. The third-order valence-electron chi connectivity index (χ3n) is 10.0. The lowest BCUT2D eigenvalue weighted by Crippen LogP contribution is -2.34. The van der Waals surface area contributed by atoms with Gasteiger partial charge in [-0.05, 0) is 77.2 Å². The number of hydrogen-bond donors (Lipinski definition) is 1. The fraction of sp³-hybridized carbons (Fsp3) is 0.578. The molecule has 0 aliphatic carbocycles. The lowest BCUT2D eigenvalue weighted by Gasteiger charge is -2.37. The fourth-order valence-corrected chi connectivity index (χ4v) is 8.57. The van der Waals surface area contributed by atoms with Crippen LogP contribution in [0.5, 0.6) is 17.2 Å². The maximum atomic E-state index is 14.7. The molecule has 0 aromatic heterocycles. The average Bonchev–Trinajstić information content (AvgIpc) is 2.92. The first-order valence-electron chi connectivity index (χ1n) is 18.5. The fourth-order valence-electron chi connectivity index (χ4n) is 6.44. The minimum absolute atomic E-state index is 0.0700. The number of benzene rings is 3. The van der Waals surface area contributed by atoms with Gasteiger partial charge < -0.3 is 5.11 Å². The minimum atomic E-state index is -3.60. The van der Waals surface area contributed by atoms with Crippen molar-refractivity contribution in [1.29, 1.82) is 0 Å². The largest absolute Gasteiger partial charge is 0.550 e. The van der Waals surface area contributed by atoms with Crippen LogP contribution >= 0.6 is 7.94 Å². The van der Waals surface area contributed by atoms with E-state index >= 15 is 0 Å². The molecule has 3 aromatic rings. The zero-order chi connectivity index (χ0) is 39.1. The topological polar surface area (TPSA) is 65.0 Å². The standard InChI is InChI=1S/C45H65O5P/c1-27-31-24-29(40(2,3)4)20-21-36(31)48-51(45(17,18)19,49-38-32(27)25-30(41(5,6)7)26-35(38)44(14,15)16)50-39(47)28-22-33(42(8,9)10)37(46)34(23-28)43(11,12)13/h20-27H,1-19H3/p+1. The summed E-state index contributed by atoms with van der Waals surface area (Å²) in [6.45, 7) is 40.5. The van der Waals surface area contributed by atoms with Crippen LogP contribution in [-0.2, 0) is 31.6 Å². The Balaban J connectivity index is 2.11. The van der Waals surface area contributed by atoms with Gasteiger partial charge in [-0.25, -0.2) is 9.32 Å². The normalized spacial score (nSPS) is 18.8. The lowest BCUT2D eigenvalue weighted by atomic mass is 9.76. The molecule has 1 aliphatic heterocycles. The third kappa shape index (κ3) is 8.14. The van der Waals surface area contributed by atoms with Gasteiger partial charge in [-0.3, -0.25) is 9.05 Å². The first-order valence-corrected chi connectivity index (χ1v) is 20.1. The average molecular weight is 718 g/mol. The van der Waals surface area contributed by atoms with Gasteiger partial charge in [0.25, 0.3) is 0 Å². The van der Waals surface area contributed by atoms with E-state index < -0.39 is 29.9 Å². The summed E-state index contributed by atoms with van der Waals surface area (Å²) in [6.07, 6.45) is 0. The molecule has 0 saturated heterocycles. The molecule has 2 atom stereocenters. The van der Waals surface area contributed by atoms with Crippen molar-refractivity contribution in [3.63, 3.8) is 0 Å². The van der Waals surface area contributed by atoms with Crippen LogP contribution in [0.3, 0.4) is 0 Å². The summed E-state index contributed by atoms with van der Waals surface area (Å²) < 4.78 is 21.3. The van der Waals surface area contributed by atoms with Crippen LogP contribution in [0.2, 0.25) is 0 Å². The van der Waals surface area contributed by atoms with Crippen molar-refractivity contribution in [2.45, 2.75) is 170 Å². The first kappa shape index (κ1) is 40.7. The molecule has 0 saturated carbocycles. The summed E-state index contributed by atoms with van der Waals surface area (Å²) >= 11 is 0. The minimum Gasteiger partial charge on any atom is -0.507 e. The second kappa shape index (κ2) is 12.8. The van der Waals surface area contributed by atoms with Crippen LogP contribution in [0.4, 0.5) is 0 Å². The smallest absolute Gasteiger partial charge is 0.507 e. The second-order valence-electron chi connectivity index (χ2n) is 20.8. The van der Waals surface area contributed by atoms with Gasteiger partial charge in [-0.2, -0.15) is 0 Å². The Labute approximate surface area is 310 Å². The van der Waals surface area contributed by atoms with Gasteiger partial charge in [-0.15, -0.1) is 0 Å². The Morgan fingerprint density at radius 2 is 1.08 bits per heavy atom. The van der Waals surface area contributed by atoms with Crippen molar-refractivity contribution in [3.8, 4) is 17.2 Å². The highest BCUT2D eigenvalue weighted by molar-refractivity contribution is 7.64. The number of hydrogen-bond acceptors (Lipinski definition) is 5. The molecule has 6 heteroatoms. The highest BCUT2D eigenvalue weighted by atomic mass is 31.2. The summed E-state index contributed by atoms with van der Waals surface area (Å²) in [5, 5.41) is 10.7. The molecule has 1 aliphatic rings. The number of carbonyl (C=O) groups is 1. The van der Waals surface area contributed by atoms with E-state index in [0.29, 0.717) is 22.4 Å². The molecule has 0 amide bonds. The van der Waals surface area contributed by atoms with Gasteiger partial charge in [0.05, 0.1) is 5.56 Å². The molecule has 2 unspecified atom stereocenters. The van der Waals surface area contributed by atoms with Crippen LogP contribution in [0.1, 0.15) is 187 Å². The Morgan fingerprint density at radius 3 is 1.51 bits per heavy atom. The molecular weight excluding hydrogens is 651 g/mol. The molecular formula is C45H66O5P+. The first-order chi connectivity index (χ1) is 22.8. The quantitative estimate of drug-likeness (QED) is 0.267. The van der Waals surface area contributed by atoms with Gasteiger partial charge in [-0.1, -0.05) is 135 Å². The van der Waals surface area contributed by atoms with E-state index in [1.54, 1.807) is 12.1 Å². The van der Waals surface area contributed by atoms with Crippen molar-refractivity contribution in [2.75, 3.05) is 0 Å². The van der Waals surface area contributed by atoms with E-state index in [9.17, 15) is 9.90 Å². The van der Waals surface area contributed by atoms with E-state index in [0.717, 1.165) is 22.4 Å². The van der Waals surface area contributed by atoms with Gasteiger partial charge in [0, 0.05) is 33.7 Å². The van der Waals surface area contributed by atoms with Crippen molar-refractivity contribution in [2.24, 2.45) is 0 Å². The van der Waals surface area contributed by atoms with E-state index in [4.69, 9.17) is 13.6 Å². The van der Waals surface area contributed by atoms with Gasteiger partial charge in [0.1, 0.15) is 5.75 Å². The summed E-state index contributed by atoms with van der Waals surface area (Å²) in [5.74, 6) is 0.982. The molecule has 0 spiro atoms. The molecule has 0 fully saturated rings. The molecule has 280 valence electrons. The van der Waals surface area contributed by atoms with E-state index in [2.05, 4.69) is 93.5 Å². The molecule has 1 N–H and O–H groups in total. The van der Waals surface area contributed by atoms with Crippen LogP contribution in [0.25, 0.3) is 0 Å². The maximum Gasteiger partial charge on any atom is 0.550 e. The Morgan fingerprint density at radius 1 is 0.608 bits per heavy atom. The Kier molecular flexibility index (Phi) is 10.2. The maximum absolute atomic E-state index is 14.7. The van der Waals surface area contributed by atoms with Crippen LogP contribution in [0.15, 0.2) is 42.5 Å². The Hall–Kier alpha value is -3.04. The SMILES string of the molecule is CC1c2cc(C(C)(C)C)ccc2O[P+](OC(=O)c2cc(C(C)(C)C)c(O)c(C(C)(C)C)c2)(C(C)(C)C)Oc2c1cc(C(C)(C)C)cc2C(C)(C)C. The number of carbonyl (C=O) groups excluding carboxylic acids is 1. The van der Waals surface area contributed by atoms with E-state index in [1.165, 1.54) is 11.1 Å². The van der Waals surface area contributed by atoms with Crippen LogP contribution in [-0.4, -0.2) is 16.2 Å². The third-order valence-corrected chi connectivity index (χ3v) is 12.9. The number of aromatic hydroxyl groups is 1. The second-order valence-corrected chi connectivity index (χ2v) is 23.7. The van der Waals surface area contributed by atoms with Crippen LogP contribution in [0, 0.1) is 0 Å². The van der Waals surface area contributed by atoms with Crippen molar-refractivity contribution < 1.29 is 23.5 Å². The van der Waals surface area contributed by atoms with E-state index in [-0.39, 0.29) is 27.9 Å². The zero-order valence-corrected chi connectivity index (χ0v) is 36.0. The molecule has 51 heavy (non-hydrogen) atoms. The predicted octanol–water partition coefficient (Wildman–Crippen LogP) is 13.2. The lowest BCUT2D eigenvalue weighted by molar-refractivity contribution is 0.0690. The highest BCUT2D eigenvalue weighted by Crippen LogP contribution is 2.72. The number of rotatable bonds is 2. The Bertz CT molecular complexity index is 1780. The number of phenolic OH excluding ortho intramolecular Hbond substituents is 1. The highest BCUT2D eigenvalue weighted by Gasteiger charge is 2.65. The molecule has 0 radical (unpaired) electrons. The van der Waals surface area contributed by atoms with Crippen molar-refractivity contribution in [1.82, 2.24) is 0 Å². The monoisotopic (exact) mass is 717 g/mol. The molecule has 1 heterocycles. The van der Waals surface area contributed by atoms with Crippen molar-refractivity contribution in [3.05, 3.63) is 87.0 Å². The molecule has 3 aromatic carbocycles. The van der Waals surface area contributed by atoms with Crippen LogP contribution < -0.4 is 9.05 Å². The molecule has 0 bridgehead atoms.